The zero-order valence-electron chi connectivity index (χ0n) is 13.6. The lowest BCUT2D eigenvalue weighted by atomic mass is 10.1. The summed E-state index contributed by atoms with van der Waals surface area (Å²) in [4.78, 5) is 16.3. The Bertz CT molecular complexity index is 880. The minimum absolute atomic E-state index is 0.350. The molecule has 24 heavy (non-hydrogen) atoms. The van der Waals surface area contributed by atoms with E-state index in [2.05, 4.69) is 9.56 Å². The van der Waals surface area contributed by atoms with Crippen LogP contribution in [0.5, 0.6) is 0 Å². The van der Waals surface area contributed by atoms with E-state index in [1.807, 2.05) is 67.7 Å². The highest BCUT2D eigenvalue weighted by molar-refractivity contribution is 5.93. The molecule has 0 unspecified atom stereocenters. The number of hydrogen-bond acceptors (Lipinski definition) is 3. The largest absolute Gasteiger partial charge is 0.465 e. The first-order chi connectivity index (χ1) is 11.7. The van der Waals surface area contributed by atoms with Crippen LogP contribution in [-0.4, -0.2) is 23.9 Å². The number of rotatable bonds is 4. The van der Waals surface area contributed by atoms with Gasteiger partial charge in [-0.2, -0.15) is 0 Å². The van der Waals surface area contributed by atoms with E-state index in [9.17, 15) is 4.79 Å². The molecule has 3 aromatic rings. The van der Waals surface area contributed by atoms with Gasteiger partial charge in [-0.05, 0) is 48.9 Å². The van der Waals surface area contributed by atoms with Gasteiger partial charge in [-0.25, -0.2) is 4.79 Å². The number of esters is 1. The first kappa shape index (κ1) is 15.7. The van der Waals surface area contributed by atoms with Crippen LogP contribution in [0.1, 0.15) is 21.6 Å². The van der Waals surface area contributed by atoms with Crippen molar-refractivity contribution in [1.29, 1.82) is 0 Å². The highest BCUT2D eigenvalue weighted by Crippen LogP contribution is 2.23. The smallest absolute Gasteiger partial charge is 0.338 e. The number of carbonyl (C=O) groups excluding carboxylic acids is 1. The molecule has 0 aliphatic carbocycles. The number of methoxy groups -OCH3 is 1. The van der Waals surface area contributed by atoms with Gasteiger partial charge in [0.05, 0.1) is 30.3 Å². The third kappa shape index (κ3) is 3.13. The van der Waals surface area contributed by atoms with Crippen molar-refractivity contribution in [2.45, 2.75) is 6.92 Å². The normalized spacial score (nSPS) is 10.9. The van der Waals surface area contributed by atoms with Crippen LogP contribution in [0.15, 0.2) is 71.9 Å². The van der Waals surface area contributed by atoms with Crippen LogP contribution in [0.25, 0.3) is 5.69 Å². The van der Waals surface area contributed by atoms with Crippen molar-refractivity contribution >= 4 is 17.9 Å². The number of aliphatic imine (C=N–C) groups is 1. The molecule has 0 amide bonds. The fourth-order valence-corrected chi connectivity index (χ4v) is 2.55. The fourth-order valence-electron chi connectivity index (χ4n) is 2.55. The Hall–Kier alpha value is -3.14. The highest BCUT2D eigenvalue weighted by Gasteiger charge is 2.11. The van der Waals surface area contributed by atoms with Gasteiger partial charge in [0, 0.05) is 11.9 Å². The molecule has 0 atom stereocenters. The third-order valence-corrected chi connectivity index (χ3v) is 3.86. The maximum Gasteiger partial charge on any atom is 0.338 e. The van der Waals surface area contributed by atoms with Crippen molar-refractivity contribution in [2.24, 2.45) is 4.99 Å². The molecule has 120 valence electrons. The van der Waals surface area contributed by atoms with E-state index >= 15 is 0 Å². The molecular weight excluding hydrogens is 300 g/mol. The third-order valence-electron chi connectivity index (χ3n) is 3.86. The summed E-state index contributed by atoms with van der Waals surface area (Å²) in [5.41, 5.74) is 4.12. The van der Waals surface area contributed by atoms with Crippen LogP contribution in [0.3, 0.4) is 0 Å². The molecule has 0 spiro atoms. The van der Waals surface area contributed by atoms with Crippen LogP contribution >= 0.6 is 0 Å². The summed E-state index contributed by atoms with van der Waals surface area (Å²) in [5.74, 6) is -0.350. The molecule has 1 heterocycles. The molecule has 0 bridgehead atoms. The van der Waals surface area contributed by atoms with E-state index in [-0.39, 0.29) is 5.97 Å². The van der Waals surface area contributed by atoms with Crippen LogP contribution < -0.4 is 0 Å². The van der Waals surface area contributed by atoms with Crippen molar-refractivity contribution in [1.82, 2.24) is 4.57 Å². The molecule has 0 N–H and O–H groups in total. The van der Waals surface area contributed by atoms with Crippen LogP contribution in [0.2, 0.25) is 0 Å². The van der Waals surface area contributed by atoms with E-state index in [4.69, 9.17) is 4.74 Å². The SMILES string of the molecule is COC(=O)c1cccc(N=Cc2cccn2-c2ccccc2)c1C. The summed E-state index contributed by atoms with van der Waals surface area (Å²) in [6.07, 6.45) is 3.80. The molecule has 0 aliphatic heterocycles. The van der Waals surface area contributed by atoms with Crippen molar-refractivity contribution in [3.8, 4) is 5.69 Å². The summed E-state index contributed by atoms with van der Waals surface area (Å²) in [7, 11) is 1.38. The van der Waals surface area contributed by atoms with E-state index in [1.165, 1.54) is 7.11 Å². The maximum absolute atomic E-state index is 11.8. The quantitative estimate of drug-likeness (QED) is 0.531. The molecular formula is C20H18N2O2. The van der Waals surface area contributed by atoms with E-state index in [1.54, 1.807) is 12.3 Å². The Kier molecular flexibility index (Phi) is 4.57. The average Bonchev–Trinajstić information content (AvgIpc) is 3.09. The highest BCUT2D eigenvalue weighted by atomic mass is 16.5. The zero-order valence-corrected chi connectivity index (χ0v) is 13.6. The number of carbonyl (C=O) groups is 1. The second-order valence-electron chi connectivity index (χ2n) is 5.34. The molecule has 4 nitrogen and oxygen atoms in total. The predicted molar refractivity (Wildman–Crippen MR) is 95.5 cm³/mol. The minimum Gasteiger partial charge on any atom is -0.465 e. The Morgan fingerprint density at radius 1 is 1.04 bits per heavy atom. The molecule has 1 aromatic heterocycles. The van der Waals surface area contributed by atoms with Gasteiger partial charge in [0.2, 0.25) is 0 Å². The maximum atomic E-state index is 11.8. The standard InChI is InChI=1S/C20H18N2O2/c1-15-18(20(23)24-2)11-6-12-19(15)21-14-17-10-7-13-22(17)16-8-4-3-5-9-16/h3-14H,1-2H3. The van der Waals surface area contributed by atoms with Crippen LogP contribution in [0.4, 0.5) is 5.69 Å². The summed E-state index contributed by atoms with van der Waals surface area (Å²) in [6, 6.07) is 19.5. The van der Waals surface area contributed by atoms with Gasteiger partial charge < -0.3 is 9.30 Å². The van der Waals surface area contributed by atoms with Gasteiger partial charge in [-0.3, -0.25) is 4.99 Å². The van der Waals surface area contributed by atoms with Crippen molar-refractivity contribution in [3.63, 3.8) is 0 Å². The average molecular weight is 318 g/mol. The van der Waals surface area contributed by atoms with Crippen LogP contribution in [-0.2, 0) is 4.74 Å². The molecule has 0 saturated carbocycles. The van der Waals surface area contributed by atoms with Crippen molar-refractivity contribution in [2.75, 3.05) is 7.11 Å². The molecule has 0 radical (unpaired) electrons. The Morgan fingerprint density at radius 3 is 2.58 bits per heavy atom. The van der Waals surface area contributed by atoms with Crippen molar-refractivity contribution in [3.05, 3.63) is 83.7 Å². The lowest BCUT2D eigenvalue weighted by Crippen LogP contribution is -2.03. The van der Waals surface area contributed by atoms with E-state index < -0.39 is 0 Å². The molecule has 0 fully saturated rings. The monoisotopic (exact) mass is 318 g/mol. The first-order valence-corrected chi connectivity index (χ1v) is 7.65. The zero-order chi connectivity index (χ0) is 16.9. The number of hydrogen-bond donors (Lipinski definition) is 0. The summed E-state index contributed by atoms with van der Waals surface area (Å²) >= 11 is 0. The Morgan fingerprint density at radius 2 is 1.83 bits per heavy atom. The van der Waals surface area contributed by atoms with E-state index in [0.717, 1.165) is 22.6 Å². The molecule has 4 heteroatoms. The minimum atomic E-state index is -0.350. The summed E-state index contributed by atoms with van der Waals surface area (Å²) < 4.78 is 6.86. The second kappa shape index (κ2) is 6.96. The molecule has 0 saturated heterocycles. The predicted octanol–water partition coefficient (Wildman–Crippen LogP) is 4.32. The number of nitrogens with zero attached hydrogens (tertiary/aromatic N) is 2. The topological polar surface area (TPSA) is 43.6 Å². The van der Waals surface area contributed by atoms with E-state index in [0.29, 0.717) is 5.56 Å². The van der Waals surface area contributed by atoms with Gasteiger partial charge in [-0.15, -0.1) is 0 Å². The lowest BCUT2D eigenvalue weighted by Gasteiger charge is -2.07. The summed E-state index contributed by atoms with van der Waals surface area (Å²) in [6.45, 7) is 1.87. The fraction of sp³-hybridized carbons (Fsp3) is 0.100. The van der Waals surface area contributed by atoms with Gasteiger partial charge in [-0.1, -0.05) is 24.3 Å². The number of ether oxygens (including phenoxy) is 1. The van der Waals surface area contributed by atoms with Gasteiger partial charge >= 0.3 is 5.97 Å². The Labute approximate surface area is 141 Å². The molecule has 0 aliphatic rings. The number of para-hydroxylation sites is 1. The lowest BCUT2D eigenvalue weighted by molar-refractivity contribution is 0.0600. The van der Waals surface area contributed by atoms with Gasteiger partial charge in [0.15, 0.2) is 0 Å². The van der Waals surface area contributed by atoms with Crippen LogP contribution in [0, 0.1) is 6.92 Å². The molecule has 2 aromatic carbocycles. The number of benzene rings is 2. The first-order valence-electron chi connectivity index (χ1n) is 7.65. The number of aromatic nitrogens is 1. The molecule has 3 rings (SSSR count). The van der Waals surface area contributed by atoms with Crippen molar-refractivity contribution < 1.29 is 9.53 Å². The van der Waals surface area contributed by atoms with Gasteiger partial charge in [0.1, 0.15) is 0 Å². The Balaban J connectivity index is 1.94. The van der Waals surface area contributed by atoms with Gasteiger partial charge in [0.25, 0.3) is 0 Å². The second-order valence-corrected chi connectivity index (χ2v) is 5.34. The summed E-state index contributed by atoms with van der Waals surface area (Å²) in [5, 5.41) is 0.